The lowest BCUT2D eigenvalue weighted by atomic mass is 11.8. The lowest BCUT2D eigenvalue weighted by Gasteiger charge is -1.83. The smallest absolute Gasteiger partial charge is 0.0506 e. The Morgan fingerprint density at radius 3 is 1.88 bits per heavy atom. The van der Waals surface area contributed by atoms with Crippen molar-refractivity contribution in [3.63, 3.8) is 0 Å². The van der Waals surface area contributed by atoms with Crippen LogP contribution in [0.25, 0.3) is 0 Å². The molecular formula is C3H10O2S3. The molecule has 0 spiro atoms. The lowest BCUT2D eigenvalue weighted by Crippen LogP contribution is -1.80. The Balaban J connectivity index is 0. The van der Waals surface area contributed by atoms with Crippen LogP contribution in [0.3, 0.4) is 0 Å². The maximum absolute atomic E-state index is 7.49. The fraction of sp³-hybridized carbons (Fsp3) is 1.00. The van der Waals surface area contributed by atoms with Gasteiger partial charge in [-0.2, -0.15) is 0 Å². The van der Waals surface area contributed by atoms with Crippen molar-refractivity contribution in [3.05, 3.63) is 0 Å². The third kappa shape index (κ3) is 28.9. The number of rotatable bonds is 1. The SMILES string of the molecule is COS(C)=S.CSO. The van der Waals surface area contributed by atoms with E-state index < -0.39 is 0 Å². The van der Waals surface area contributed by atoms with Crippen LogP contribution in [0.2, 0.25) is 0 Å². The molecule has 0 aromatic rings. The molecule has 1 N–H and O–H groups in total. The lowest BCUT2D eigenvalue weighted by molar-refractivity contribution is 0.487. The highest BCUT2D eigenvalue weighted by molar-refractivity contribution is 8.25. The van der Waals surface area contributed by atoms with Crippen molar-refractivity contribution in [3.8, 4) is 0 Å². The molecule has 0 fully saturated rings. The summed E-state index contributed by atoms with van der Waals surface area (Å²) in [6.07, 6.45) is 3.44. The summed E-state index contributed by atoms with van der Waals surface area (Å²) in [7, 11) is 1.37. The fourth-order valence-corrected chi connectivity index (χ4v) is 0. The molecule has 8 heavy (non-hydrogen) atoms. The molecule has 0 aliphatic rings. The highest BCUT2D eigenvalue weighted by Gasteiger charge is 1.66. The van der Waals surface area contributed by atoms with Crippen LogP contribution >= 0.6 is 12.0 Å². The molecule has 0 bridgehead atoms. The van der Waals surface area contributed by atoms with Crippen LogP contribution in [0.5, 0.6) is 0 Å². The maximum Gasteiger partial charge on any atom is 0.0506 e. The number of hydrogen-bond acceptors (Lipinski definition) is 4. The van der Waals surface area contributed by atoms with Gasteiger partial charge >= 0.3 is 0 Å². The number of hydrogen-bond donors (Lipinski definition) is 1. The highest BCUT2D eigenvalue weighted by atomic mass is 32.8. The van der Waals surface area contributed by atoms with Gasteiger partial charge in [0.05, 0.1) is 7.11 Å². The summed E-state index contributed by atoms with van der Waals surface area (Å²) in [5.41, 5.74) is 0. The third-order valence-corrected chi connectivity index (χ3v) is 1.11. The van der Waals surface area contributed by atoms with Gasteiger partial charge < -0.3 is 8.74 Å². The summed E-state index contributed by atoms with van der Waals surface area (Å²) >= 11 is 5.34. The Kier molecular flexibility index (Phi) is 15.6. The van der Waals surface area contributed by atoms with E-state index in [-0.39, 0.29) is 9.74 Å². The van der Waals surface area contributed by atoms with Gasteiger partial charge in [0.15, 0.2) is 0 Å². The molecular weight excluding hydrogens is 164 g/mol. The first-order chi connectivity index (χ1) is 3.68. The molecule has 0 aliphatic heterocycles. The van der Waals surface area contributed by atoms with Gasteiger partial charge in [0.25, 0.3) is 0 Å². The molecule has 0 aromatic heterocycles. The minimum absolute atomic E-state index is 0.239. The predicted molar refractivity (Wildman–Crippen MR) is 43.8 cm³/mol. The molecule has 0 rings (SSSR count). The van der Waals surface area contributed by atoms with Crippen LogP contribution in [0, 0.1) is 0 Å². The Hall–Kier alpha value is 0.840. The summed E-state index contributed by atoms with van der Waals surface area (Å²) in [6, 6.07) is 0. The van der Waals surface area contributed by atoms with E-state index in [9.17, 15) is 0 Å². The van der Waals surface area contributed by atoms with Crippen molar-refractivity contribution in [1.82, 2.24) is 0 Å². The molecule has 1 unspecified atom stereocenters. The largest absolute Gasteiger partial charge is 0.330 e. The van der Waals surface area contributed by atoms with Gasteiger partial charge in [0.1, 0.15) is 0 Å². The molecule has 52 valence electrons. The zero-order chi connectivity index (χ0) is 6.99. The summed E-state index contributed by atoms with van der Waals surface area (Å²) in [5, 5.41) is 0. The van der Waals surface area contributed by atoms with Gasteiger partial charge in [-0.3, -0.25) is 0 Å². The van der Waals surface area contributed by atoms with Gasteiger partial charge in [-0.05, 0) is 23.2 Å². The first-order valence-corrected chi connectivity index (χ1v) is 5.41. The van der Waals surface area contributed by atoms with Crippen LogP contribution in [-0.2, 0) is 25.1 Å². The van der Waals surface area contributed by atoms with Gasteiger partial charge in [-0.15, -0.1) is 0 Å². The standard InChI is InChI=1S/C2H6OS2.CH4OS/c1-3-5(2)4;1-3-2/h1-2H3;2H,1H3. The Morgan fingerprint density at radius 2 is 1.88 bits per heavy atom. The van der Waals surface area contributed by atoms with Crippen LogP contribution < -0.4 is 0 Å². The van der Waals surface area contributed by atoms with Crippen molar-refractivity contribution in [2.24, 2.45) is 0 Å². The average Bonchev–Trinajstić information content (AvgIpc) is 1.69. The average molecular weight is 174 g/mol. The van der Waals surface area contributed by atoms with E-state index in [2.05, 4.69) is 15.4 Å². The van der Waals surface area contributed by atoms with E-state index >= 15 is 0 Å². The molecule has 1 atom stereocenters. The molecule has 2 nitrogen and oxygen atoms in total. The normalized spacial score (nSPS) is 11.5. The van der Waals surface area contributed by atoms with E-state index in [4.69, 9.17) is 4.55 Å². The van der Waals surface area contributed by atoms with E-state index in [1.54, 1.807) is 13.4 Å². The molecule has 0 aromatic carbocycles. The van der Waals surface area contributed by atoms with Crippen molar-refractivity contribution >= 4 is 33.0 Å². The second-order valence-corrected chi connectivity index (χ2v) is 3.66. The predicted octanol–water partition coefficient (Wildman–Crippen LogP) is 1.08. The van der Waals surface area contributed by atoms with Crippen LogP contribution in [0.4, 0.5) is 0 Å². The van der Waals surface area contributed by atoms with Gasteiger partial charge in [0.2, 0.25) is 0 Å². The minimum Gasteiger partial charge on any atom is -0.330 e. The van der Waals surface area contributed by atoms with Crippen LogP contribution in [0.15, 0.2) is 0 Å². The summed E-state index contributed by atoms with van der Waals surface area (Å²) in [5.74, 6) is 0. The molecule has 5 heteroatoms. The fourth-order valence-electron chi connectivity index (χ4n) is 0. The zero-order valence-corrected chi connectivity index (χ0v) is 7.53. The summed E-state index contributed by atoms with van der Waals surface area (Å²) < 4.78 is 12.1. The summed E-state index contributed by atoms with van der Waals surface area (Å²) in [4.78, 5) is 0. The molecule has 0 saturated carbocycles. The van der Waals surface area contributed by atoms with Gasteiger partial charge in [-0.25, -0.2) is 0 Å². The second kappa shape index (κ2) is 10.8. The highest BCUT2D eigenvalue weighted by Crippen LogP contribution is 1.69. The quantitative estimate of drug-likeness (QED) is 0.602. The Morgan fingerprint density at radius 1 is 1.75 bits per heavy atom. The maximum atomic E-state index is 7.49. The van der Waals surface area contributed by atoms with E-state index in [1.165, 1.54) is 0 Å². The Labute approximate surface area is 61.6 Å². The van der Waals surface area contributed by atoms with Gasteiger partial charge in [0, 0.05) is 22.2 Å². The van der Waals surface area contributed by atoms with E-state index in [0.717, 1.165) is 12.0 Å². The second-order valence-electron chi connectivity index (χ2n) is 0.751. The monoisotopic (exact) mass is 174 g/mol. The first-order valence-electron chi connectivity index (χ1n) is 1.74. The van der Waals surface area contributed by atoms with Gasteiger partial charge in [-0.1, -0.05) is 0 Å². The molecule has 0 radical (unpaired) electrons. The Bertz CT molecular complexity index is 56.5. The third-order valence-electron chi connectivity index (χ3n) is 0.235. The first kappa shape index (κ1) is 11.6. The minimum atomic E-state index is -0.239. The van der Waals surface area contributed by atoms with Crippen molar-refractivity contribution < 1.29 is 8.74 Å². The molecule has 0 aliphatic carbocycles. The van der Waals surface area contributed by atoms with Crippen molar-refractivity contribution in [2.75, 3.05) is 19.6 Å². The van der Waals surface area contributed by atoms with Crippen LogP contribution in [0.1, 0.15) is 0 Å². The van der Waals surface area contributed by atoms with E-state index in [1.807, 2.05) is 6.26 Å². The molecule has 0 heterocycles. The van der Waals surface area contributed by atoms with Crippen molar-refractivity contribution in [1.29, 1.82) is 0 Å². The van der Waals surface area contributed by atoms with Crippen LogP contribution in [-0.4, -0.2) is 24.2 Å². The molecule has 0 amide bonds. The van der Waals surface area contributed by atoms with E-state index in [0.29, 0.717) is 0 Å². The zero-order valence-electron chi connectivity index (χ0n) is 5.08. The topological polar surface area (TPSA) is 29.5 Å². The van der Waals surface area contributed by atoms with Crippen molar-refractivity contribution in [2.45, 2.75) is 0 Å². The summed E-state index contributed by atoms with van der Waals surface area (Å²) in [6.45, 7) is 0. The molecule has 0 saturated heterocycles.